The van der Waals surface area contributed by atoms with Gasteiger partial charge < -0.3 is 10.2 Å². The van der Waals surface area contributed by atoms with Crippen molar-refractivity contribution in [1.29, 1.82) is 0 Å². The monoisotopic (exact) mass is 272 g/mol. The van der Waals surface area contributed by atoms with E-state index in [0.29, 0.717) is 0 Å². The average molecular weight is 272 g/mol. The molecule has 3 rings (SSSR count). The Balaban J connectivity index is 1.81. The second-order valence-corrected chi connectivity index (χ2v) is 6.35. The standard InChI is InChI=1S/C18H28N2/c1-3-11-20(12-4-2)16-8-7-14-5-6-15-9-10-19-18(15)17(14)13-16/h5-6,16,19H,3-4,7-13H2,1-2H3. The zero-order chi connectivity index (χ0) is 13.9. The topological polar surface area (TPSA) is 15.3 Å². The van der Waals surface area contributed by atoms with Gasteiger partial charge in [0.05, 0.1) is 0 Å². The van der Waals surface area contributed by atoms with Crippen LogP contribution in [0.1, 0.15) is 49.8 Å². The van der Waals surface area contributed by atoms with E-state index in [2.05, 4.69) is 36.2 Å². The molecule has 0 radical (unpaired) electrons. The van der Waals surface area contributed by atoms with E-state index < -0.39 is 0 Å². The third-order valence-corrected chi connectivity index (χ3v) is 4.92. The Labute approximate surface area is 123 Å². The summed E-state index contributed by atoms with van der Waals surface area (Å²) < 4.78 is 0. The molecule has 1 aromatic rings. The van der Waals surface area contributed by atoms with Crippen molar-refractivity contribution in [3.8, 4) is 0 Å². The van der Waals surface area contributed by atoms with Gasteiger partial charge in [0.25, 0.3) is 0 Å². The Morgan fingerprint density at radius 2 is 1.85 bits per heavy atom. The molecule has 0 fully saturated rings. The van der Waals surface area contributed by atoms with Gasteiger partial charge in [0.15, 0.2) is 0 Å². The fraction of sp³-hybridized carbons (Fsp3) is 0.667. The van der Waals surface area contributed by atoms with E-state index in [1.165, 1.54) is 57.3 Å². The van der Waals surface area contributed by atoms with E-state index in [9.17, 15) is 0 Å². The van der Waals surface area contributed by atoms with Gasteiger partial charge in [-0.1, -0.05) is 26.0 Å². The van der Waals surface area contributed by atoms with Gasteiger partial charge in [0, 0.05) is 18.3 Å². The number of fused-ring (bicyclic) bond motifs is 3. The van der Waals surface area contributed by atoms with Crippen molar-refractivity contribution in [2.24, 2.45) is 0 Å². The first-order valence-corrected chi connectivity index (χ1v) is 8.45. The van der Waals surface area contributed by atoms with Gasteiger partial charge in [-0.3, -0.25) is 0 Å². The number of hydrogen-bond donors (Lipinski definition) is 1. The number of anilines is 1. The van der Waals surface area contributed by atoms with Gasteiger partial charge in [-0.2, -0.15) is 0 Å². The highest BCUT2D eigenvalue weighted by Gasteiger charge is 2.27. The lowest BCUT2D eigenvalue weighted by atomic mass is 9.85. The summed E-state index contributed by atoms with van der Waals surface area (Å²) in [5.41, 5.74) is 6.26. The van der Waals surface area contributed by atoms with E-state index in [4.69, 9.17) is 0 Å². The molecule has 0 aromatic heterocycles. The number of hydrogen-bond acceptors (Lipinski definition) is 2. The Hall–Kier alpha value is -1.02. The second kappa shape index (κ2) is 6.17. The molecule has 0 spiro atoms. The Morgan fingerprint density at radius 1 is 1.10 bits per heavy atom. The average Bonchev–Trinajstić information content (AvgIpc) is 2.95. The molecule has 110 valence electrons. The second-order valence-electron chi connectivity index (χ2n) is 6.35. The van der Waals surface area contributed by atoms with Crippen molar-refractivity contribution in [3.63, 3.8) is 0 Å². The lowest BCUT2D eigenvalue weighted by Crippen LogP contribution is -2.40. The molecular formula is C18H28N2. The maximum absolute atomic E-state index is 3.63. The number of aryl methyl sites for hydroxylation is 1. The van der Waals surface area contributed by atoms with Crippen LogP contribution in [0.5, 0.6) is 0 Å². The number of nitrogens with one attached hydrogen (secondary N) is 1. The minimum absolute atomic E-state index is 0.760. The Morgan fingerprint density at radius 3 is 2.60 bits per heavy atom. The molecule has 2 heteroatoms. The van der Waals surface area contributed by atoms with E-state index >= 15 is 0 Å². The van der Waals surface area contributed by atoms with E-state index in [0.717, 1.165) is 12.6 Å². The molecule has 0 bridgehead atoms. The van der Waals surface area contributed by atoms with Crippen molar-refractivity contribution in [1.82, 2.24) is 4.90 Å². The number of nitrogens with zero attached hydrogens (tertiary/aromatic N) is 1. The quantitative estimate of drug-likeness (QED) is 0.880. The lowest BCUT2D eigenvalue weighted by molar-refractivity contribution is 0.180. The molecule has 1 aromatic carbocycles. The fourth-order valence-corrected chi connectivity index (χ4v) is 3.98. The number of benzene rings is 1. The van der Waals surface area contributed by atoms with Crippen LogP contribution in [0.25, 0.3) is 0 Å². The van der Waals surface area contributed by atoms with Crippen LogP contribution in [-0.4, -0.2) is 30.6 Å². The fourth-order valence-electron chi connectivity index (χ4n) is 3.98. The van der Waals surface area contributed by atoms with Gasteiger partial charge in [-0.05, 0) is 68.3 Å². The highest BCUT2D eigenvalue weighted by atomic mass is 15.1. The first kappa shape index (κ1) is 13.9. The molecule has 2 nitrogen and oxygen atoms in total. The molecule has 20 heavy (non-hydrogen) atoms. The summed E-state index contributed by atoms with van der Waals surface area (Å²) in [4.78, 5) is 2.73. The Bertz CT molecular complexity index is 461. The van der Waals surface area contributed by atoms with Crippen LogP contribution < -0.4 is 5.32 Å². The van der Waals surface area contributed by atoms with Crippen LogP contribution in [0.15, 0.2) is 12.1 Å². The third-order valence-electron chi connectivity index (χ3n) is 4.92. The summed E-state index contributed by atoms with van der Waals surface area (Å²) in [6.45, 7) is 8.26. The molecule has 1 unspecified atom stereocenters. The minimum atomic E-state index is 0.760. The highest BCUT2D eigenvalue weighted by molar-refractivity contribution is 5.64. The van der Waals surface area contributed by atoms with Crippen molar-refractivity contribution in [3.05, 3.63) is 28.8 Å². The summed E-state index contributed by atoms with van der Waals surface area (Å²) >= 11 is 0. The van der Waals surface area contributed by atoms with Gasteiger partial charge >= 0.3 is 0 Å². The molecule has 1 N–H and O–H groups in total. The molecule has 0 amide bonds. The predicted octanol–water partition coefficient (Wildman–Crippen LogP) is 3.63. The minimum Gasteiger partial charge on any atom is -0.384 e. The summed E-state index contributed by atoms with van der Waals surface area (Å²) in [5.74, 6) is 0. The van der Waals surface area contributed by atoms with Crippen LogP contribution in [0.2, 0.25) is 0 Å². The summed E-state index contributed by atoms with van der Waals surface area (Å²) in [6.07, 6.45) is 7.61. The number of rotatable bonds is 5. The van der Waals surface area contributed by atoms with E-state index in [1.54, 1.807) is 16.7 Å². The van der Waals surface area contributed by atoms with Crippen molar-refractivity contribution >= 4 is 5.69 Å². The van der Waals surface area contributed by atoms with Crippen LogP contribution in [0.4, 0.5) is 5.69 Å². The van der Waals surface area contributed by atoms with Gasteiger partial charge in [-0.15, -0.1) is 0 Å². The predicted molar refractivity (Wildman–Crippen MR) is 86.6 cm³/mol. The van der Waals surface area contributed by atoms with Crippen LogP contribution >= 0.6 is 0 Å². The molecule has 2 aliphatic rings. The molecule has 1 aliphatic carbocycles. The zero-order valence-electron chi connectivity index (χ0n) is 13.0. The lowest BCUT2D eigenvalue weighted by Gasteiger charge is -2.35. The summed E-state index contributed by atoms with van der Waals surface area (Å²) in [7, 11) is 0. The van der Waals surface area contributed by atoms with Crippen LogP contribution in [0, 0.1) is 0 Å². The normalized spacial score (nSPS) is 20.6. The van der Waals surface area contributed by atoms with Crippen molar-refractivity contribution in [2.45, 2.75) is 58.4 Å². The zero-order valence-corrected chi connectivity index (χ0v) is 13.0. The van der Waals surface area contributed by atoms with Crippen LogP contribution in [-0.2, 0) is 19.3 Å². The molecule has 1 atom stereocenters. The van der Waals surface area contributed by atoms with Crippen molar-refractivity contribution < 1.29 is 0 Å². The summed E-state index contributed by atoms with van der Waals surface area (Å²) in [5, 5.41) is 3.63. The van der Waals surface area contributed by atoms with Crippen LogP contribution in [0.3, 0.4) is 0 Å². The smallest absolute Gasteiger partial charge is 0.0409 e. The van der Waals surface area contributed by atoms with Crippen molar-refractivity contribution in [2.75, 3.05) is 25.0 Å². The van der Waals surface area contributed by atoms with Gasteiger partial charge in [-0.25, -0.2) is 0 Å². The summed E-state index contributed by atoms with van der Waals surface area (Å²) in [6, 6.07) is 5.50. The first-order valence-electron chi connectivity index (χ1n) is 8.45. The SMILES string of the molecule is CCCN(CCC)C1CCc2ccc3c(c2C1)NCC3. The molecule has 1 aliphatic heterocycles. The van der Waals surface area contributed by atoms with E-state index in [-0.39, 0.29) is 0 Å². The maximum atomic E-state index is 3.63. The van der Waals surface area contributed by atoms with Gasteiger partial charge in [0.1, 0.15) is 0 Å². The van der Waals surface area contributed by atoms with E-state index in [1.807, 2.05) is 0 Å². The maximum Gasteiger partial charge on any atom is 0.0409 e. The van der Waals surface area contributed by atoms with Gasteiger partial charge in [0.2, 0.25) is 0 Å². The third kappa shape index (κ3) is 2.58. The highest BCUT2D eigenvalue weighted by Crippen LogP contribution is 2.35. The molecule has 0 saturated heterocycles. The largest absolute Gasteiger partial charge is 0.384 e. The molecule has 0 saturated carbocycles. The molecular weight excluding hydrogens is 244 g/mol. The first-order chi connectivity index (χ1) is 9.83. The Kier molecular flexibility index (Phi) is 4.30. The molecule has 1 heterocycles.